The number of urea groups is 1. The second-order valence-corrected chi connectivity index (χ2v) is 8.88. The van der Waals surface area contributed by atoms with Gasteiger partial charge in [-0.1, -0.05) is 42.1 Å². The van der Waals surface area contributed by atoms with Gasteiger partial charge in [0.1, 0.15) is 11.5 Å². The number of fused-ring (bicyclic) bond motifs is 1. The van der Waals surface area contributed by atoms with Gasteiger partial charge >= 0.3 is 6.03 Å². The van der Waals surface area contributed by atoms with Gasteiger partial charge in [0.2, 0.25) is 5.91 Å². The number of nitrogens with zero attached hydrogens (tertiary/aromatic N) is 2. The molecule has 35 heavy (non-hydrogen) atoms. The summed E-state index contributed by atoms with van der Waals surface area (Å²) >= 11 is 1.10. The zero-order valence-electron chi connectivity index (χ0n) is 19.2. The largest absolute Gasteiger partial charge is 0.457 e. The van der Waals surface area contributed by atoms with E-state index in [1.807, 2.05) is 30.3 Å². The third kappa shape index (κ3) is 5.70. The lowest BCUT2D eigenvalue weighted by Gasteiger charge is -2.16. The number of benzene rings is 3. The molecule has 1 unspecified atom stereocenters. The van der Waals surface area contributed by atoms with Crippen molar-refractivity contribution in [3.8, 4) is 17.2 Å². The topological polar surface area (TPSA) is 102 Å². The lowest BCUT2D eigenvalue weighted by Crippen LogP contribution is -2.42. The number of ether oxygens (including phenoxy) is 1. The van der Waals surface area contributed by atoms with E-state index in [0.29, 0.717) is 39.8 Å². The van der Waals surface area contributed by atoms with Gasteiger partial charge in [-0.25, -0.2) is 9.78 Å². The minimum atomic E-state index is -0.683. The van der Waals surface area contributed by atoms with Crippen LogP contribution in [0.4, 0.5) is 4.79 Å². The fourth-order valence-electron chi connectivity index (χ4n) is 3.34. The molecule has 0 saturated heterocycles. The van der Waals surface area contributed by atoms with Crippen LogP contribution in [0.2, 0.25) is 0 Å². The molecule has 9 heteroatoms. The lowest BCUT2D eigenvalue weighted by molar-refractivity contribution is -0.119. The standard InChI is InChI=1S/C26H24N4O4S/c1-3-27-25(33)29-23(31)17(2)35-26-28-22-12-8-7-11-21(22)24(32)30(26)18-13-15-20(16-14-18)34-19-9-5-4-6-10-19/h4-17H,3H2,1-2H3,(H2,27,29,31,33). The van der Waals surface area contributed by atoms with Crippen LogP contribution in [-0.2, 0) is 4.79 Å². The maximum absolute atomic E-state index is 13.5. The Morgan fingerprint density at radius 1 is 0.971 bits per heavy atom. The Hall–Kier alpha value is -4.11. The van der Waals surface area contributed by atoms with Crippen molar-refractivity contribution in [2.75, 3.05) is 6.54 Å². The molecule has 3 amide bonds. The molecule has 1 atom stereocenters. The van der Waals surface area contributed by atoms with Crippen LogP contribution in [0.25, 0.3) is 16.6 Å². The number of amides is 3. The molecular weight excluding hydrogens is 464 g/mol. The summed E-state index contributed by atoms with van der Waals surface area (Å²) in [5.74, 6) is 0.833. The summed E-state index contributed by atoms with van der Waals surface area (Å²) in [7, 11) is 0. The number of carbonyl (C=O) groups excluding carboxylic acids is 2. The van der Waals surface area contributed by atoms with Gasteiger partial charge in [0.05, 0.1) is 21.8 Å². The zero-order valence-corrected chi connectivity index (χ0v) is 20.0. The normalized spacial score (nSPS) is 11.6. The third-order valence-electron chi connectivity index (χ3n) is 5.04. The van der Waals surface area contributed by atoms with Crippen molar-refractivity contribution in [3.05, 3.63) is 89.2 Å². The Morgan fingerprint density at radius 3 is 2.34 bits per heavy atom. The van der Waals surface area contributed by atoms with Crippen LogP contribution in [0.15, 0.2) is 88.8 Å². The maximum Gasteiger partial charge on any atom is 0.321 e. The van der Waals surface area contributed by atoms with Crippen molar-refractivity contribution in [2.45, 2.75) is 24.3 Å². The van der Waals surface area contributed by atoms with E-state index >= 15 is 0 Å². The first-order chi connectivity index (χ1) is 17.0. The van der Waals surface area contributed by atoms with Gasteiger partial charge in [-0.3, -0.25) is 19.5 Å². The second-order valence-electron chi connectivity index (χ2n) is 7.57. The lowest BCUT2D eigenvalue weighted by atomic mass is 10.2. The average Bonchev–Trinajstić information content (AvgIpc) is 2.86. The number of hydrogen-bond acceptors (Lipinski definition) is 6. The fourth-order valence-corrected chi connectivity index (χ4v) is 4.26. The molecule has 0 bridgehead atoms. The van der Waals surface area contributed by atoms with Crippen LogP contribution in [0.3, 0.4) is 0 Å². The Morgan fingerprint density at radius 2 is 1.63 bits per heavy atom. The highest BCUT2D eigenvalue weighted by Crippen LogP contribution is 2.27. The Labute approximate surface area is 206 Å². The van der Waals surface area contributed by atoms with Crippen molar-refractivity contribution in [3.63, 3.8) is 0 Å². The molecule has 0 saturated carbocycles. The quantitative estimate of drug-likeness (QED) is 0.293. The number of para-hydroxylation sites is 2. The van der Waals surface area contributed by atoms with Crippen molar-refractivity contribution >= 4 is 34.6 Å². The second kappa shape index (κ2) is 10.9. The van der Waals surface area contributed by atoms with Crippen LogP contribution < -0.4 is 20.9 Å². The Kier molecular flexibility index (Phi) is 7.47. The van der Waals surface area contributed by atoms with Crippen LogP contribution in [-0.4, -0.2) is 33.3 Å². The minimum absolute atomic E-state index is 0.258. The fraction of sp³-hybridized carbons (Fsp3) is 0.154. The van der Waals surface area contributed by atoms with E-state index in [2.05, 4.69) is 15.6 Å². The van der Waals surface area contributed by atoms with Crippen LogP contribution in [0, 0.1) is 0 Å². The van der Waals surface area contributed by atoms with Gasteiger partial charge in [0.25, 0.3) is 5.56 Å². The van der Waals surface area contributed by atoms with Crippen LogP contribution in [0.5, 0.6) is 11.5 Å². The van der Waals surface area contributed by atoms with E-state index in [0.717, 1.165) is 11.8 Å². The van der Waals surface area contributed by atoms with Crippen LogP contribution in [0.1, 0.15) is 13.8 Å². The predicted octanol–water partition coefficient (Wildman–Crippen LogP) is 4.50. The highest BCUT2D eigenvalue weighted by atomic mass is 32.2. The summed E-state index contributed by atoms with van der Waals surface area (Å²) in [6.07, 6.45) is 0. The van der Waals surface area contributed by atoms with E-state index in [1.165, 1.54) is 4.57 Å². The monoisotopic (exact) mass is 488 g/mol. The number of hydrogen-bond donors (Lipinski definition) is 2. The predicted molar refractivity (Wildman–Crippen MR) is 136 cm³/mol. The van der Waals surface area contributed by atoms with E-state index in [-0.39, 0.29) is 5.56 Å². The molecule has 0 aliphatic rings. The van der Waals surface area contributed by atoms with E-state index in [1.54, 1.807) is 62.4 Å². The van der Waals surface area contributed by atoms with Crippen LogP contribution >= 0.6 is 11.8 Å². The van der Waals surface area contributed by atoms with E-state index in [4.69, 9.17) is 4.74 Å². The first-order valence-corrected chi connectivity index (χ1v) is 11.9. The van der Waals surface area contributed by atoms with Crippen molar-refractivity contribution in [1.82, 2.24) is 20.2 Å². The van der Waals surface area contributed by atoms with E-state index in [9.17, 15) is 14.4 Å². The van der Waals surface area contributed by atoms with E-state index < -0.39 is 17.2 Å². The SMILES string of the molecule is CCNC(=O)NC(=O)C(C)Sc1nc2ccccc2c(=O)n1-c1ccc(Oc2ccccc2)cc1. The summed E-state index contributed by atoms with van der Waals surface area (Å²) in [4.78, 5) is 42.4. The minimum Gasteiger partial charge on any atom is -0.457 e. The molecule has 8 nitrogen and oxygen atoms in total. The van der Waals surface area contributed by atoms with Gasteiger partial charge in [-0.05, 0) is 62.4 Å². The molecule has 3 aromatic carbocycles. The summed E-state index contributed by atoms with van der Waals surface area (Å²) in [5, 5.41) is 4.94. The molecule has 0 spiro atoms. The van der Waals surface area contributed by atoms with Gasteiger partial charge < -0.3 is 10.1 Å². The number of imide groups is 1. The molecule has 4 aromatic rings. The van der Waals surface area contributed by atoms with Gasteiger partial charge in [-0.2, -0.15) is 0 Å². The molecule has 4 rings (SSSR count). The van der Waals surface area contributed by atoms with Gasteiger partial charge in [-0.15, -0.1) is 0 Å². The molecule has 0 aliphatic carbocycles. The number of aromatic nitrogens is 2. The molecule has 0 fully saturated rings. The van der Waals surface area contributed by atoms with Crippen molar-refractivity contribution < 1.29 is 14.3 Å². The average molecular weight is 489 g/mol. The highest BCUT2D eigenvalue weighted by molar-refractivity contribution is 8.00. The molecule has 2 N–H and O–H groups in total. The third-order valence-corrected chi connectivity index (χ3v) is 6.10. The Bertz CT molecular complexity index is 1400. The summed E-state index contributed by atoms with van der Waals surface area (Å²) in [6, 6.07) is 22.9. The molecule has 0 radical (unpaired) electrons. The summed E-state index contributed by atoms with van der Waals surface area (Å²) in [6.45, 7) is 3.81. The number of thioether (sulfide) groups is 1. The number of nitrogens with one attached hydrogen (secondary N) is 2. The number of rotatable bonds is 7. The van der Waals surface area contributed by atoms with Crippen molar-refractivity contribution in [2.24, 2.45) is 0 Å². The molecule has 1 heterocycles. The smallest absolute Gasteiger partial charge is 0.321 e. The molecular formula is C26H24N4O4S. The molecule has 178 valence electrons. The summed E-state index contributed by atoms with van der Waals surface area (Å²) < 4.78 is 7.32. The first kappa shape index (κ1) is 24.0. The summed E-state index contributed by atoms with van der Waals surface area (Å²) in [5.41, 5.74) is 0.843. The molecule has 1 aromatic heterocycles. The highest BCUT2D eigenvalue weighted by Gasteiger charge is 2.21. The zero-order chi connectivity index (χ0) is 24.8. The first-order valence-electron chi connectivity index (χ1n) is 11.1. The Balaban J connectivity index is 1.68. The van der Waals surface area contributed by atoms with Crippen molar-refractivity contribution in [1.29, 1.82) is 0 Å². The molecule has 0 aliphatic heterocycles. The maximum atomic E-state index is 13.5. The van der Waals surface area contributed by atoms with Gasteiger partial charge in [0.15, 0.2) is 5.16 Å². The van der Waals surface area contributed by atoms with Gasteiger partial charge in [0, 0.05) is 6.54 Å². The number of carbonyl (C=O) groups is 2.